The summed E-state index contributed by atoms with van der Waals surface area (Å²) in [6.07, 6.45) is 0. The highest BCUT2D eigenvalue weighted by Gasteiger charge is 2.53. The zero-order valence-electron chi connectivity index (χ0n) is 13.4. The number of sulfone groups is 1. The quantitative estimate of drug-likeness (QED) is 0.834. The number of alkyl halides is 2. The number of amides is 2. The maximum Gasteiger partial charge on any atom is 0.317 e. The zero-order chi connectivity index (χ0) is 17.0. The Labute approximate surface area is 130 Å². The van der Waals surface area contributed by atoms with Gasteiger partial charge in [-0.2, -0.15) is 0 Å². The number of nitrogens with zero attached hydrogens (tertiary/aromatic N) is 1. The molecule has 0 unspecified atom stereocenters. The predicted molar refractivity (Wildman–Crippen MR) is 79.6 cm³/mol. The molecule has 2 aliphatic heterocycles. The molecule has 2 heterocycles. The first-order valence-electron chi connectivity index (χ1n) is 7.37. The summed E-state index contributed by atoms with van der Waals surface area (Å²) >= 11 is 0. The van der Waals surface area contributed by atoms with Crippen molar-refractivity contribution >= 4 is 15.9 Å². The summed E-state index contributed by atoms with van der Waals surface area (Å²) in [5.41, 5.74) is -1.69. The molecule has 8 heteroatoms. The second kappa shape index (κ2) is 5.04. The Bertz CT molecular complexity index is 571. The molecular formula is C14H24F2N2O3S. The molecule has 2 fully saturated rings. The summed E-state index contributed by atoms with van der Waals surface area (Å²) in [6, 6.07) is -0.544. The average molecular weight is 338 g/mol. The van der Waals surface area contributed by atoms with Crippen LogP contribution in [0.1, 0.15) is 27.7 Å². The zero-order valence-corrected chi connectivity index (χ0v) is 14.3. The SMILES string of the molecule is CC(C)(C)C(F)(F)CNC(=O)N1C[C@@H]2CS(=O)(=O)C[C@]2(C)C1. The fourth-order valence-electron chi connectivity index (χ4n) is 3.12. The number of hydrogen-bond donors (Lipinski definition) is 1. The van der Waals surface area contributed by atoms with E-state index in [1.807, 2.05) is 6.92 Å². The highest BCUT2D eigenvalue weighted by molar-refractivity contribution is 7.91. The molecule has 0 aromatic carbocycles. The molecule has 1 N–H and O–H groups in total. The summed E-state index contributed by atoms with van der Waals surface area (Å²) in [6.45, 7) is 6.00. The van der Waals surface area contributed by atoms with Crippen molar-refractivity contribution in [2.45, 2.75) is 33.6 Å². The smallest absolute Gasteiger partial charge is 0.317 e. The third kappa shape index (κ3) is 3.21. The number of rotatable bonds is 2. The molecule has 2 saturated heterocycles. The van der Waals surface area contributed by atoms with Gasteiger partial charge in [0.2, 0.25) is 0 Å². The van der Waals surface area contributed by atoms with Crippen molar-refractivity contribution in [3.05, 3.63) is 0 Å². The highest BCUT2D eigenvalue weighted by Crippen LogP contribution is 2.43. The maximum atomic E-state index is 13.9. The van der Waals surface area contributed by atoms with Crippen LogP contribution in [0.4, 0.5) is 13.6 Å². The first-order chi connectivity index (χ1) is 9.76. The summed E-state index contributed by atoms with van der Waals surface area (Å²) in [4.78, 5) is 13.5. The maximum absolute atomic E-state index is 13.9. The molecule has 0 aliphatic carbocycles. The Morgan fingerprint density at radius 3 is 2.45 bits per heavy atom. The van der Waals surface area contributed by atoms with Crippen molar-refractivity contribution in [1.29, 1.82) is 0 Å². The number of carbonyl (C=O) groups is 1. The van der Waals surface area contributed by atoms with Gasteiger partial charge in [-0.1, -0.05) is 27.7 Å². The van der Waals surface area contributed by atoms with Crippen LogP contribution in [0.25, 0.3) is 0 Å². The van der Waals surface area contributed by atoms with E-state index in [4.69, 9.17) is 0 Å². The van der Waals surface area contributed by atoms with Gasteiger partial charge in [0.25, 0.3) is 5.92 Å². The van der Waals surface area contributed by atoms with Gasteiger partial charge in [-0.25, -0.2) is 22.0 Å². The minimum atomic E-state index is -3.05. The minimum absolute atomic E-state index is 0.0621. The van der Waals surface area contributed by atoms with E-state index in [0.29, 0.717) is 13.1 Å². The van der Waals surface area contributed by atoms with E-state index in [0.717, 1.165) is 0 Å². The third-order valence-corrected chi connectivity index (χ3v) is 6.84. The largest absolute Gasteiger partial charge is 0.332 e. The van der Waals surface area contributed by atoms with Crippen molar-refractivity contribution in [3.63, 3.8) is 0 Å². The lowest BCUT2D eigenvalue weighted by Crippen LogP contribution is -2.49. The molecule has 128 valence electrons. The van der Waals surface area contributed by atoms with Crippen LogP contribution in [0.2, 0.25) is 0 Å². The third-order valence-electron chi connectivity index (χ3n) is 4.83. The van der Waals surface area contributed by atoms with Gasteiger partial charge in [-0.15, -0.1) is 0 Å². The topological polar surface area (TPSA) is 66.5 Å². The summed E-state index contributed by atoms with van der Waals surface area (Å²) in [7, 11) is -3.05. The van der Waals surface area contributed by atoms with Crippen molar-refractivity contribution in [2.75, 3.05) is 31.1 Å². The fraction of sp³-hybridized carbons (Fsp3) is 0.929. The number of fused-ring (bicyclic) bond motifs is 1. The van der Waals surface area contributed by atoms with Crippen molar-refractivity contribution in [3.8, 4) is 0 Å². The molecule has 0 aromatic rings. The van der Waals surface area contributed by atoms with E-state index < -0.39 is 39.2 Å². The first-order valence-corrected chi connectivity index (χ1v) is 9.19. The number of nitrogens with one attached hydrogen (secondary N) is 1. The van der Waals surface area contributed by atoms with E-state index in [-0.39, 0.29) is 17.4 Å². The Balaban J connectivity index is 1.95. The molecule has 2 amide bonds. The van der Waals surface area contributed by atoms with Gasteiger partial charge in [-0.05, 0) is 5.92 Å². The molecule has 22 heavy (non-hydrogen) atoms. The highest BCUT2D eigenvalue weighted by atomic mass is 32.2. The van der Waals surface area contributed by atoms with Crippen LogP contribution in [-0.2, 0) is 9.84 Å². The van der Waals surface area contributed by atoms with E-state index in [2.05, 4.69) is 5.32 Å². The van der Waals surface area contributed by atoms with Gasteiger partial charge in [0.1, 0.15) is 0 Å². The van der Waals surface area contributed by atoms with Crippen molar-refractivity contribution in [2.24, 2.45) is 16.7 Å². The Hall–Kier alpha value is -0.920. The molecule has 0 bridgehead atoms. The fourth-order valence-corrected chi connectivity index (χ4v) is 5.69. The van der Waals surface area contributed by atoms with Crippen LogP contribution < -0.4 is 5.32 Å². The second-order valence-electron chi connectivity index (χ2n) is 7.90. The lowest BCUT2D eigenvalue weighted by molar-refractivity contribution is -0.0916. The minimum Gasteiger partial charge on any atom is -0.332 e. The molecule has 2 atom stereocenters. The normalized spacial score (nSPS) is 31.2. The van der Waals surface area contributed by atoms with Gasteiger partial charge in [0.05, 0.1) is 18.1 Å². The first kappa shape index (κ1) is 17.4. The van der Waals surface area contributed by atoms with Gasteiger partial charge in [-0.3, -0.25) is 0 Å². The number of hydrogen-bond acceptors (Lipinski definition) is 3. The molecule has 0 spiro atoms. The molecule has 0 aromatic heterocycles. The standard InChI is InChI=1S/C14H24F2N2O3S/c1-12(2,3)14(15,16)7-17-11(19)18-5-10-6-22(20,21)9-13(10,4)8-18/h10H,5-9H2,1-4H3,(H,17,19)/t10-,13+/m1/s1. The lowest BCUT2D eigenvalue weighted by Gasteiger charge is -2.31. The molecule has 5 nitrogen and oxygen atoms in total. The molecule has 2 aliphatic rings. The summed E-state index contributed by atoms with van der Waals surface area (Å²) in [5, 5.41) is 2.29. The monoisotopic (exact) mass is 338 g/mol. The van der Waals surface area contributed by atoms with Crippen LogP contribution >= 0.6 is 0 Å². The van der Waals surface area contributed by atoms with Gasteiger partial charge >= 0.3 is 6.03 Å². The van der Waals surface area contributed by atoms with Gasteiger partial charge < -0.3 is 10.2 Å². The Morgan fingerprint density at radius 2 is 1.95 bits per heavy atom. The molecule has 0 saturated carbocycles. The molecule has 0 radical (unpaired) electrons. The number of carbonyl (C=O) groups excluding carboxylic acids is 1. The van der Waals surface area contributed by atoms with Crippen molar-refractivity contribution in [1.82, 2.24) is 10.2 Å². The van der Waals surface area contributed by atoms with E-state index in [1.165, 1.54) is 25.7 Å². The second-order valence-corrected chi connectivity index (χ2v) is 10.0. The van der Waals surface area contributed by atoms with Gasteiger partial charge in [0.15, 0.2) is 9.84 Å². The molecule has 2 rings (SSSR count). The van der Waals surface area contributed by atoms with Crippen LogP contribution in [0.5, 0.6) is 0 Å². The van der Waals surface area contributed by atoms with Crippen LogP contribution in [-0.4, -0.2) is 56.4 Å². The lowest BCUT2D eigenvalue weighted by atomic mass is 9.84. The van der Waals surface area contributed by atoms with Crippen LogP contribution in [0.15, 0.2) is 0 Å². The number of halogens is 2. The Kier molecular flexibility index (Phi) is 3.99. The van der Waals surface area contributed by atoms with Crippen molar-refractivity contribution < 1.29 is 22.0 Å². The van der Waals surface area contributed by atoms with Crippen LogP contribution in [0, 0.1) is 16.7 Å². The van der Waals surface area contributed by atoms with Crippen LogP contribution in [0.3, 0.4) is 0 Å². The van der Waals surface area contributed by atoms with E-state index in [9.17, 15) is 22.0 Å². The predicted octanol–water partition coefficient (Wildman–Crippen LogP) is 1.74. The van der Waals surface area contributed by atoms with E-state index in [1.54, 1.807) is 0 Å². The number of urea groups is 1. The molecular weight excluding hydrogens is 314 g/mol. The summed E-state index contributed by atoms with van der Waals surface area (Å²) < 4.78 is 51.1. The van der Waals surface area contributed by atoms with Gasteiger partial charge in [0, 0.05) is 23.9 Å². The van der Waals surface area contributed by atoms with E-state index >= 15 is 0 Å². The number of likely N-dealkylation sites (tertiary alicyclic amines) is 1. The average Bonchev–Trinajstić information content (AvgIpc) is 2.71. The summed E-state index contributed by atoms with van der Waals surface area (Å²) in [5.74, 6) is -2.98. The Morgan fingerprint density at radius 1 is 1.36 bits per heavy atom.